The van der Waals surface area contributed by atoms with Crippen LogP contribution in [0.3, 0.4) is 0 Å². The van der Waals surface area contributed by atoms with Crippen LogP contribution in [0.1, 0.15) is 12.8 Å². The van der Waals surface area contributed by atoms with Crippen molar-refractivity contribution in [2.45, 2.75) is 19.4 Å². The molecule has 1 aliphatic carbocycles. The summed E-state index contributed by atoms with van der Waals surface area (Å²) in [4.78, 5) is 4.37. The molecule has 0 saturated heterocycles. The highest BCUT2D eigenvalue weighted by molar-refractivity contribution is 5.61. The lowest BCUT2D eigenvalue weighted by molar-refractivity contribution is -0.701. The van der Waals surface area contributed by atoms with Crippen LogP contribution in [0.5, 0.6) is 0 Å². The number of pyridine rings is 3. The van der Waals surface area contributed by atoms with E-state index >= 15 is 0 Å². The van der Waals surface area contributed by atoms with E-state index in [-0.39, 0.29) is 0 Å². The van der Waals surface area contributed by atoms with Gasteiger partial charge in [-0.05, 0) is 47.2 Å². The van der Waals surface area contributed by atoms with Crippen molar-refractivity contribution in [1.29, 1.82) is 0 Å². The number of allylic oxidation sites excluding steroid dienone is 2. The predicted molar refractivity (Wildman–Crippen MR) is 93.3 cm³/mol. The molecule has 0 N–H and O–H groups in total. The number of hydrogen-bond donors (Lipinski definition) is 0. The van der Waals surface area contributed by atoms with Gasteiger partial charge in [0.25, 0.3) is 0 Å². The topological polar surface area (TPSA) is 20.6 Å². The van der Waals surface area contributed by atoms with Crippen molar-refractivity contribution in [3.63, 3.8) is 0 Å². The minimum atomic E-state index is 0.690. The second-order valence-corrected chi connectivity index (χ2v) is 6.23. The SMILES string of the molecule is C1=C[C@@H](C[n+]2ccc(-c3cc[n+](-c4ccccn4)cc3)cc2)CC1. The van der Waals surface area contributed by atoms with Crippen molar-refractivity contribution < 1.29 is 9.13 Å². The molecule has 0 aromatic carbocycles. The number of aromatic nitrogens is 3. The molecule has 1 atom stereocenters. The van der Waals surface area contributed by atoms with Gasteiger partial charge >= 0.3 is 5.82 Å². The Morgan fingerprint density at radius 2 is 1.67 bits per heavy atom. The summed E-state index contributed by atoms with van der Waals surface area (Å²) in [6.07, 6.45) is 17.4. The van der Waals surface area contributed by atoms with Crippen LogP contribution in [-0.2, 0) is 6.54 Å². The molecule has 4 rings (SSSR count). The first-order valence-electron chi connectivity index (χ1n) is 8.47. The van der Waals surface area contributed by atoms with Gasteiger partial charge in [0.2, 0.25) is 0 Å². The van der Waals surface area contributed by atoms with E-state index < -0.39 is 0 Å². The minimum absolute atomic E-state index is 0.690. The van der Waals surface area contributed by atoms with Crippen LogP contribution >= 0.6 is 0 Å². The van der Waals surface area contributed by atoms with Gasteiger partial charge in [-0.2, -0.15) is 0 Å². The maximum atomic E-state index is 4.37. The molecular weight excluding hydrogens is 294 g/mol. The zero-order valence-corrected chi connectivity index (χ0v) is 13.6. The molecule has 0 fully saturated rings. The van der Waals surface area contributed by atoms with Crippen molar-refractivity contribution in [2.75, 3.05) is 0 Å². The molecule has 0 saturated carbocycles. The Morgan fingerprint density at radius 3 is 2.29 bits per heavy atom. The molecule has 0 amide bonds. The predicted octanol–water partition coefficient (Wildman–Crippen LogP) is 3.28. The summed E-state index contributed by atoms with van der Waals surface area (Å²) in [6.45, 7) is 1.07. The maximum absolute atomic E-state index is 4.37. The number of nitrogens with zero attached hydrogens (tertiary/aromatic N) is 3. The molecule has 0 spiro atoms. The largest absolute Gasteiger partial charge is 0.327 e. The molecule has 0 bridgehead atoms. The molecule has 118 valence electrons. The van der Waals surface area contributed by atoms with Gasteiger partial charge in [-0.15, -0.1) is 0 Å². The van der Waals surface area contributed by atoms with Gasteiger partial charge in [0.1, 0.15) is 6.20 Å². The van der Waals surface area contributed by atoms with Gasteiger partial charge in [0.15, 0.2) is 18.9 Å². The standard InChI is InChI=1S/C21H21N3/c1-2-6-18(5-1)17-23-13-8-19(9-14-23)20-10-15-24(16-11-20)21-7-3-4-12-22-21/h1,3-5,7-16,18H,2,6,17H2/q+2/t18-/m1/s1. The third-order valence-corrected chi connectivity index (χ3v) is 4.53. The van der Waals surface area contributed by atoms with Crippen LogP contribution in [0.15, 0.2) is 85.6 Å². The van der Waals surface area contributed by atoms with E-state index in [0.29, 0.717) is 5.92 Å². The average molecular weight is 315 g/mol. The number of hydrogen-bond acceptors (Lipinski definition) is 1. The maximum Gasteiger partial charge on any atom is 0.327 e. The summed E-state index contributed by atoms with van der Waals surface area (Å²) in [6, 6.07) is 14.6. The van der Waals surface area contributed by atoms with Crippen molar-refractivity contribution in [3.8, 4) is 16.9 Å². The third-order valence-electron chi connectivity index (χ3n) is 4.53. The Morgan fingerprint density at radius 1 is 0.917 bits per heavy atom. The molecule has 0 radical (unpaired) electrons. The summed E-state index contributed by atoms with van der Waals surface area (Å²) in [5, 5.41) is 0. The lowest BCUT2D eigenvalue weighted by Crippen LogP contribution is -2.35. The third kappa shape index (κ3) is 3.25. The van der Waals surface area contributed by atoms with Gasteiger partial charge in [0.05, 0.1) is 12.4 Å². The Balaban J connectivity index is 1.50. The fourth-order valence-corrected chi connectivity index (χ4v) is 3.17. The quantitative estimate of drug-likeness (QED) is 0.534. The smallest absolute Gasteiger partial charge is 0.204 e. The average Bonchev–Trinajstić information content (AvgIpc) is 3.16. The van der Waals surface area contributed by atoms with Crippen LogP contribution in [0.2, 0.25) is 0 Å². The van der Waals surface area contributed by atoms with E-state index in [1.807, 2.05) is 29.0 Å². The summed E-state index contributed by atoms with van der Waals surface area (Å²) >= 11 is 0. The molecule has 3 heterocycles. The van der Waals surface area contributed by atoms with Crippen molar-refractivity contribution in [1.82, 2.24) is 4.98 Å². The summed E-state index contributed by atoms with van der Waals surface area (Å²) < 4.78 is 4.31. The molecule has 24 heavy (non-hydrogen) atoms. The molecule has 3 aromatic heterocycles. The summed E-state index contributed by atoms with van der Waals surface area (Å²) in [7, 11) is 0. The Hall–Kier alpha value is -2.81. The van der Waals surface area contributed by atoms with Gasteiger partial charge in [-0.25, -0.2) is 9.13 Å². The second kappa shape index (κ2) is 6.75. The van der Waals surface area contributed by atoms with E-state index in [9.17, 15) is 0 Å². The first-order chi connectivity index (χ1) is 11.9. The lowest BCUT2D eigenvalue weighted by Gasteiger charge is -2.04. The second-order valence-electron chi connectivity index (χ2n) is 6.23. The number of rotatable bonds is 4. The Kier molecular flexibility index (Phi) is 4.15. The molecular formula is C21H21N3+2. The van der Waals surface area contributed by atoms with Crippen LogP contribution in [0.4, 0.5) is 0 Å². The van der Waals surface area contributed by atoms with Crippen molar-refractivity contribution >= 4 is 0 Å². The molecule has 3 aromatic rings. The zero-order valence-electron chi connectivity index (χ0n) is 13.6. The van der Waals surface area contributed by atoms with Gasteiger partial charge in [-0.3, -0.25) is 0 Å². The summed E-state index contributed by atoms with van der Waals surface area (Å²) in [5.74, 6) is 1.62. The van der Waals surface area contributed by atoms with Gasteiger partial charge in [-0.1, -0.05) is 18.2 Å². The van der Waals surface area contributed by atoms with E-state index in [4.69, 9.17) is 0 Å². The normalized spacial score (nSPS) is 16.4. The van der Waals surface area contributed by atoms with E-state index in [0.717, 1.165) is 12.4 Å². The molecule has 3 heteroatoms. The van der Waals surface area contributed by atoms with Crippen LogP contribution in [-0.4, -0.2) is 4.98 Å². The molecule has 0 unspecified atom stereocenters. The highest BCUT2D eigenvalue weighted by atomic mass is 15.0. The fourth-order valence-electron chi connectivity index (χ4n) is 3.17. The minimum Gasteiger partial charge on any atom is -0.204 e. The van der Waals surface area contributed by atoms with Crippen LogP contribution in [0, 0.1) is 5.92 Å². The Labute approximate surface area is 142 Å². The Bertz CT molecular complexity index is 821. The van der Waals surface area contributed by atoms with Crippen LogP contribution < -0.4 is 9.13 Å². The fraction of sp³-hybridized carbons (Fsp3) is 0.190. The highest BCUT2D eigenvalue weighted by Crippen LogP contribution is 2.18. The van der Waals surface area contributed by atoms with Gasteiger partial charge < -0.3 is 0 Å². The van der Waals surface area contributed by atoms with Crippen molar-refractivity contribution in [3.05, 3.63) is 85.6 Å². The van der Waals surface area contributed by atoms with Crippen molar-refractivity contribution in [2.24, 2.45) is 5.92 Å². The summed E-state index contributed by atoms with van der Waals surface area (Å²) in [5.41, 5.74) is 2.46. The molecule has 3 nitrogen and oxygen atoms in total. The van der Waals surface area contributed by atoms with Crippen LogP contribution in [0.25, 0.3) is 16.9 Å². The first kappa shape index (κ1) is 14.8. The zero-order chi connectivity index (χ0) is 16.2. The van der Waals surface area contributed by atoms with E-state index in [1.165, 1.54) is 24.0 Å². The highest BCUT2D eigenvalue weighted by Gasteiger charge is 2.14. The lowest BCUT2D eigenvalue weighted by atomic mass is 10.1. The first-order valence-corrected chi connectivity index (χ1v) is 8.47. The van der Waals surface area contributed by atoms with E-state index in [2.05, 4.69) is 70.8 Å². The molecule has 1 aliphatic rings. The van der Waals surface area contributed by atoms with E-state index in [1.54, 1.807) is 0 Å². The monoisotopic (exact) mass is 315 g/mol. The van der Waals surface area contributed by atoms with Gasteiger partial charge in [0, 0.05) is 24.1 Å². The molecule has 0 aliphatic heterocycles.